The molecule has 0 aromatic heterocycles. The van der Waals surface area contributed by atoms with Gasteiger partial charge in [0.15, 0.2) is 6.61 Å². The van der Waals surface area contributed by atoms with Crippen LogP contribution in [0.5, 0.6) is 5.75 Å². The van der Waals surface area contributed by atoms with Gasteiger partial charge in [-0.1, -0.05) is 6.07 Å². The van der Waals surface area contributed by atoms with Gasteiger partial charge < -0.3 is 21.1 Å². The van der Waals surface area contributed by atoms with Gasteiger partial charge in [-0.2, -0.15) is 0 Å². The van der Waals surface area contributed by atoms with Crippen LogP contribution in [0.3, 0.4) is 0 Å². The van der Waals surface area contributed by atoms with Crippen LogP contribution in [0.15, 0.2) is 18.2 Å². The minimum Gasteiger partial charge on any atom is -0.482 e. The molecule has 0 radical (unpaired) electrons. The van der Waals surface area contributed by atoms with E-state index in [0.717, 1.165) is 23.4 Å². The van der Waals surface area contributed by atoms with Gasteiger partial charge in [0.25, 0.3) is 5.91 Å². The minimum absolute atomic E-state index is 0.0340. The number of amides is 1. The van der Waals surface area contributed by atoms with E-state index in [-0.39, 0.29) is 18.6 Å². The van der Waals surface area contributed by atoms with Crippen molar-refractivity contribution in [3.63, 3.8) is 0 Å². The van der Waals surface area contributed by atoms with Gasteiger partial charge >= 0.3 is 0 Å². The Morgan fingerprint density at radius 1 is 1.44 bits per heavy atom. The maximum absolute atomic E-state index is 11.9. The first-order valence-electron chi connectivity index (χ1n) is 6.15. The summed E-state index contributed by atoms with van der Waals surface area (Å²) in [6.07, 6.45) is 0.784. The SMILES string of the molecule is CC(CN)N1C(=O)COc2ccc(CCN)cc21. The molecule has 1 aromatic carbocycles. The molecule has 1 amide bonds. The van der Waals surface area contributed by atoms with Gasteiger partial charge in [0.05, 0.1) is 5.69 Å². The van der Waals surface area contributed by atoms with Crippen LogP contribution in [-0.4, -0.2) is 31.6 Å². The van der Waals surface area contributed by atoms with Crippen molar-refractivity contribution in [2.75, 3.05) is 24.6 Å². The smallest absolute Gasteiger partial charge is 0.265 e. The molecule has 1 unspecified atom stereocenters. The second kappa shape index (κ2) is 5.37. The summed E-state index contributed by atoms with van der Waals surface area (Å²) in [5, 5.41) is 0. The van der Waals surface area contributed by atoms with Gasteiger partial charge in [-0.25, -0.2) is 0 Å². The molecule has 5 nitrogen and oxygen atoms in total. The number of hydrogen-bond acceptors (Lipinski definition) is 4. The number of ether oxygens (including phenoxy) is 1. The van der Waals surface area contributed by atoms with Gasteiger partial charge in [-0.15, -0.1) is 0 Å². The van der Waals surface area contributed by atoms with Crippen LogP contribution < -0.4 is 21.1 Å². The molecule has 1 aliphatic rings. The molecule has 2 rings (SSSR count). The Bertz CT molecular complexity index is 448. The lowest BCUT2D eigenvalue weighted by atomic mass is 10.1. The molecule has 0 saturated heterocycles. The minimum atomic E-state index is -0.0506. The summed E-state index contributed by atoms with van der Waals surface area (Å²) < 4.78 is 5.43. The van der Waals surface area contributed by atoms with Gasteiger partial charge in [-0.3, -0.25) is 4.79 Å². The lowest BCUT2D eigenvalue weighted by molar-refractivity contribution is -0.121. The third-order valence-electron chi connectivity index (χ3n) is 3.12. The highest BCUT2D eigenvalue weighted by Gasteiger charge is 2.28. The highest BCUT2D eigenvalue weighted by Crippen LogP contribution is 2.34. The zero-order valence-corrected chi connectivity index (χ0v) is 10.6. The van der Waals surface area contributed by atoms with E-state index in [4.69, 9.17) is 16.2 Å². The summed E-state index contributed by atoms with van der Waals surface area (Å²) in [5.41, 5.74) is 13.1. The first-order valence-corrected chi connectivity index (χ1v) is 6.15. The summed E-state index contributed by atoms with van der Waals surface area (Å²) in [6.45, 7) is 3.02. The largest absolute Gasteiger partial charge is 0.482 e. The lowest BCUT2D eigenvalue weighted by Crippen LogP contribution is -2.47. The summed E-state index contributed by atoms with van der Waals surface area (Å²) in [6, 6.07) is 5.80. The Morgan fingerprint density at radius 2 is 2.22 bits per heavy atom. The highest BCUT2D eigenvalue weighted by molar-refractivity contribution is 5.98. The number of fused-ring (bicyclic) bond motifs is 1. The fraction of sp³-hybridized carbons (Fsp3) is 0.462. The van der Waals surface area contributed by atoms with Crippen LogP contribution in [-0.2, 0) is 11.2 Å². The summed E-state index contributed by atoms with van der Waals surface area (Å²) in [5.74, 6) is 0.681. The number of nitrogens with two attached hydrogens (primary N) is 2. The van der Waals surface area contributed by atoms with Gasteiger partial charge in [0, 0.05) is 12.6 Å². The number of nitrogens with zero attached hydrogens (tertiary/aromatic N) is 1. The van der Waals surface area contributed by atoms with E-state index in [1.165, 1.54) is 0 Å². The fourth-order valence-electron chi connectivity index (χ4n) is 2.13. The second-order valence-corrected chi connectivity index (χ2v) is 4.48. The van der Waals surface area contributed by atoms with Crippen LogP contribution in [0.2, 0.25) is 0 Å². The molecule has 0 bridgehead atoms. The van der Waals surface area contributed by atoms with Crippen molar-refractivity contribution in [3.8, 4) is 5.75 Å². The van der Waals surface area contributed by atoms with Crippen LogP contribution in [0, 0.1) is 0 Å². The molecule has 1 atom stereocenters. The molecule has 0 spiro atoms. The van der Waals surface area contributed by atoms with E-state index < -0.39 is 0 Å². The monoisotopic (exact) mass is 249 g/mol. The van der Waals surface area contributed by atoms with Gasteiger partial charge in [0.1, 0.15) is 5.75 Å². The Morgan fingerprint density at radius 3 is 2.89 bits per heavy atom. The van der Waals surface area contributed by atoms with Crippen molar-refractivity contribution in [3.05, 3.63) is 23.8 Å². The van der Waals surface area contributed by atoms with Crippen molar-refractivity contribution in [1.82, 2.24) is 0 Å². The molecule has 1 aliphatic heterocycles. The Kier molecular flexibility index (Phi) is 3.84. The second-order valence-electron chi connectivity index (χ2n) is 4.48. The number of carbonyl (C=O) groups is 1. The maximum atomic E-state index is 11.9. The molecule has 1 heterocycles. The standard InChI is InChI=1S/C13H19N3O2/c1-9(7-15)16-11-6-10(4-5-14)2-3-12(11)18-8-13(16)17/h2-3,6,9H,4-5,7-8,14-15H2,1H3. The molecular formula is C13H19N3O2. The molecule has 1 aromatic rings. The van der Waals surface area contributed by atoms with E-state index in [1.54, 1.807) is 4.90 Å². The third kappa shape index (κ3) is 2.32. The van der Waals surface area contributed by atoms with E-state index in [9.17, 15) is 4.79 Å². The van der Waals surface area contributed by atoms with Crippen molar-refractivity contribution >= 4 is 11.6 Å². The molecule has 0 fully saturated rings. The van der Waals surface area contributed by atoms with Crippen LogP contribution in [0.4, 0.5) is 5.69 Å². The Labute approximate surface area is 107 Å². The van der Waals surface area contributed by atoms with Gasteiger partial charge in [-0.05, 0) is 37.6 Å². The van der Waals surface area contributed by atoms with E-state index in [2.05, 4.69) is 0 Å². The molecule has 0 saturated carbocycles. The normalized spacial score (nSPS) is 16.2. The lowest BCUT2D eigenvalue weighted by Gasteiger charge is -2.33. The summed E-state index contributed by atoms with van der Waals surface area (Å²) in [7, 11) is 0. The zero-order valence-electron chi connectivity index (χ0n) is 10.6. The number of rotatable bonds is 4. The Balaban J connectivity index is 2.39. The van der Waals surface area contributed by atoms with Crippen LogP contribution in [0.1, 0.15) is 12.5 Å². The number of hydrogen-bond donors (Lipinski definition) is 2. The summed E-state index contributed by atoms with van der Waals surface area (Å²) in [4.78, 5) is 13.7. The van der Waals surface area contributed by atoms with Crippen LogP contribution in [0.25, 0.3) is 0 Å². The molecule has 4 N–H and O–H groups in total. The summed E-state index contributed by atoms with van der Waals surface area (Å²) >= 11 is 0. The van der Waals surface area contributed by atoms with E-state index >= 15 is 0 Å². The zero-order chi connectivity index (χ0) is 13.1. The molecule has 98 valence electrons. The average molecular weight is 249 g/mol. The van der Waals surface area contributed by atoms with Crippen molar-refractivity contribution in [2.24, 2.45) is 11.5 Å². The number of anilines is 1. The predicted octanol–water partition coefficient (Wildman–Crippen LogP) is 0.260. The highest BCUT2D eigenvalue weighted by atomic mass is 16.5. The quantitative estimate of drug-likeness (QED) is 0.802. The van der Waals surface area contributed by atoms with Crippen LogP contribution >= 0.6 is 0 Å². The maximum Gasteiger partial charge on any atom is 0.265 e. The average Bonchev–Trinajstić information content (AvgIpc) is 2.38. The molecular weight excluding hydrogens is 230 g/mol. The van der Waals surface area contributed by atoms with Crippen molar-refractivity contribution in [2.45, 2.75) is 19.4 Å². The topological polar surface area (TPSA) is 81.6 Å². The van der Waals surface area contributed by atoms with E-state index in [0.29, 0.717) is 13.1 Å². The number of carbonyl (C=O) groups excluding carboxylic acids is 1. The first-order chi connectivity index (χ1) is 8.67. The number of benzene rings is 1. The molecule has 0 aliphatic carbocycles. The van der Waals surface area contributed by atoms with Gasteiger partial charge in [0.2, 0.25) is 0 Å². The van der Waals surface area contributed by atoms with Crippen molar-refractivity contribution < 1.29 is 9.53 Å². The third-order valence-corrected chi connectivity index (χ3v) is 3.12. The first kappa shape index (κ1) is 12.9. The Hall–Kier alpha value is -1.59. The van der Waals surface area contributed by atoms with Crippen molar-refractivity contribution in [1.29, 1.82) is 0 Å². The molecule has 18 heavy (non-hydrogen) atoms. The predicted molar refractivity (Wildman–Crippen MR) is 70.7 cm³/mol. The molecule has 5 heteroatoms. The van der Waals surface area contributed by atoms with E-state index in [1.807, 2.05) is 25.1 Å². The fourth-order valence-corrected chi connectivity index (χ4v) is 2.13.